The lowest BCUT2D eigenvalue weighted by molar-refractivity contribution is -0.192. The maximum atomic E-state index is 12.9. The van der Waals surface area contributed by atoms with E-state index in [4.69, 9.17) is 9.90 Å². The number of benzene rings is 1. The third kappa shape index (κ3) is 4.92. The Kier molecular flexibility index (Phi) is 6.17. The van der Waals surface area contributed by atoms with Gasteiger partial charge in [0, 0.05) is 37.6 Å². The Labute approximate surface area is 165 Å². The van der Waals surface area contributed by atoms with Gasteiger partial charge in [-0.15, -0.1) is 0 Å². The number of pyridine rings is 1. The summed E-state index contributed by atoms with van der Waals surface area (Å²) in [7, 11) is 0. The molecule has 2 aliphatic heterocycles. The van der Waals surface area contributed by atoms with E-state index in [-0.39, 0.29) is 11.9 Å². The molecule has 1 unspecified atom stereocenters. The number of carbonyl (C=O) groups is 2. The fourth-order valence-electron chi connectivity index (χ4n) is 3.52. The number of halogens is 3. The zero-order valence-corrected chi connectivity index (χ0v) is 15.4. The molecule has 2 aliphatic rings. The van der Waals surface area contributed by atoms with Crippen LogP contribution in [0.15, 0.2) is 42.7 Å². The van der Waals surface area contributed by atoms with Gasteiger partial charge in [-0.05, 0) is 47.7 Å². The number of hydrogen-bond acceptors (Lipinski definition) is 4. The first-order chi connectivity index (χ1) is 13.8. The molecule has 1 fully saturated rings. The number of nitrogens with zero attached hydrogens (tertiary/aromatic N) is 2. The molecule has 0 radical (unpaired) electrons. The molecule has 0 bridgehead atoms. The van der Waals surface area contributed by atoms with Gasteiger partial charge in [-0.1, -0.05) is 12.1 Å². The Morgan fingerprint density at radius 2 is 1.90 bits per heavy atom. The van der Waals surface area contributed by atoms with Gasteiger partial charge in [-0.2, -0.15) is 13.2 Å². The molecule has 1 aromatic heterocycles. The Bertz CT molecular complexity index is 888. The van der Waals surface area contributed by atoms with Crippen molar-refractivity contribution in [2.24, 2.45) is 0 Å². The monoisotopic (exact) mass is 407 g/mol. The Morgan fingerprint density at radius 3 is 2.55 bits per heavy atom. The predicted molar refractivity (Wildman–Crippen MR) is 97.9 cm³/mol. The molecule has 0 aliphatic carbocycles. The summed E-state index contributed by atoms with van der Waals surface area (Å²) in [6.45, 7) is 2.60. The number of carboxylic acid groups (broad SMARTS) is 1. The van der Waals surface area contributed by atoms with Gasteiger partial charge in [0.1, 0.15) is 0 Å². The largest absolute Gasteiger partial charge is 0.490 e. The van der Waals surface area contributed by atoms with Gasteiger partial charge < -0.3 is 15.3 Å². The Hall–Kier alpha value is -2.94. The summed E-state index contributed by atoms with van der Waals surface area (Å²) in [4.78, 5) is 28.0. The number of fused-ring (bicyclic) bond motifs is 1. The van der Waals surface area contributed by atoms with Gasteiger partial charge in [-0.3, -0.25) is 9.78 Å². The van der Waals surface area contributed by atoms with Crippen LogP contribution in [0.1, 0.15) is 45.9 Å². The van der Waals surface area contributed by atoms with Crippen molar-refractivity contribution in [1.29, 1.82) is 0 Å². The van der Waals surface area contributed by atoms with Crippen LogP contribution in [0.2, 0.25) is 0 Å². The number of aliphatic carboxylic acids is 1. The molecule has 1 amide bonds. The Balaban J connectivity index is 0.000000298. The molecule has 3 heterocycles. The fourth-order valence-corrected chi connectivity index (χ4v) is 3.52. The predicted octanol–water partition coefficient (Wildman–Crippen LogP) is 3.30. The van der Waals surface area contributed by atoms with E-state index < -0.39 is 12.1 Å². The number of carbonyl (C=O) groups excluding carboxylic acids is 1. The number of rotatable bonds is 2. The molecule has 0 saturated carbocycles. The van der Waals surface area contributed by atoms with Crippen LogP contribution >= 0.6 is 0 Å². The molecule has 29 heavy (non-hydrogen) atoms. The van der Waals surface area contributed by atoms with E-state index in [1.54, 1.807) is 6.20 Å². The standard InChI is InChI=1S/C18H19N3O.C2HF3O2/c22-18(13-5-6-14-10-20-12-16(14)9-13)21-8-2-4-17(21)15-3-1-7-19-11-15;3-2(4,5)1(6)7/h1,3,5-7,9,11,17,20H,2,4,8,10,12H2;(H,6,7). The molecular formula is C20H20F3N3O3. The van der Waals surface area contributed by atoms with Crippen LogP contribution < -0.4 is 5.32 Å². The minimum Gasteiger partial charge on any atom is -0.475 e. The summed E-state index contributed by atoms with van der Waals surface area (Å²) in [6, 6.07) is 10.3. The van der Waals surface area contributed by atoms with Crippen molar-refractivity contribution in [3.63, 3.8) is 0 Å². The van der Waals surface area contributed by atoms with Crippen molar-refractivity contribution in [3.8, 4) is 0 Å². The quantitative estimate of drug-likeness (QED) is 0.798. The normalized spacial score (nSPS) is 18.0. The maximum absolute atomic E-state index is 12.9. The second-order valence-electron chi connectivity index (χ2n) is 6.83. The average molecular weight is 407 g/mol. The van der Waals surface area contributed by atoms with Crippen LogP contribution in [-0.4, -0.2) is 39.6 Å². The van der Waals surface area contributed by atoms with Crippen LogP contribution in [0.25, 0.3) is 0 Å². The van der Waals surface area contributed by atoms with Crippen LogP contribution in [0.3, 0.4) is 0 Å². The average Bonchev–Trinajstić information content (AvgIpc) is 3.36. The lowest BCUT2D eigenvalue weighted by Gasteiger charge is -2.25. The highest BCUT2D eigenvalue weighted by atomic mass is 19.4. The van der Waals surface area contributed by atoms with Crippen molar-refractivity contribution >= 4 is 11.9 Å². The third-order valence-electron chi connectivity index (χ3n) is 4.91. The van der Waals surface area contributed by atoms with E-state index in [9.17, 15) is 18.0 Å². The molecule has 1 aromatic carbocycles. The van der Waals surface area contributed by atoms with E-state index in [1.807, 2.05) is 23.2 Å². The van der Waals surface area contributed by atoms with E-state index >= 15 is 0 Å². The van der Waals surface area contributed by atoms with Crippen LogP contribution in [0.5, 0.6) is 0 Å². The minimum absolute atomic E-state index is 0.140. The van der Waals surface area contributed by atoms with Gasteiger partial charge in [0.25, 0.3) is 5.91 Å². The minimum atomic E-state index is -5.08. The summed E-state index contributed by atoms with van der Waals surface area (Å²) in [5, 5.41) is 10.4. The highest BCUT2D eigenvalue weighted by Crippen LogP contribution is 2.33. The molecule has 0 spiro atoms. The molecule has 1 saturated heterocycles. The molecule has 2 aromatic rings. The number of hydrogen-bond donors (Lipinski definition) is 2. The van der Waals surface area contributed by atoms with Crippen LogP contribution in [0.4, 0.5) is 13.2 Å². The fraction of sp³-hybridized carbons (Fsp3) is 0.350. The van der Waals surface area contributed by atoms with Crippen molar-refractivity contribution < 1.29 is 27.9 Å². The summed E-state index contributed by atoms with van der Waals surface area (Å²) in [6.07, 6.45) is 0.642. The maximum Gasteiger partial charge on any atom is 0.490 e. The zero-order valence-electron chi connectivity index (χ0n) is 15.4. The third-order valence-corrected chi connectivity index (χ3v) is 4.91. The Morgan fingerprint density at radius 1 is 1.17 bits per heavy atom. The first-order valence-electron chi connectivity index (χ1n) is 9.11. The SMILES string of the molecule is O=C(O)C(F)(F)F.O=C(c1ccc2c(c1)CNC2)N1CCCC1c1cccnc1. The van der Waals surface area contributed by atoms with Gasteiger partial charge in [-0.25, -0.2) is 4.79 Å². The molecule has 9 heteroatoms. The summed E-state index contributed by atoms with van der Waals surface area (Å²) in [5.41, 5.74) is 4.50. The highest BCUT2D eigenvalue weighted by molar-refractivity contribution is 5.95. The number of carboxylic acids is 1. The smallest absolute Gasteiger partial charge is 0.475 e. The van der Waals surface area contributed by atoms with E-state index in [0.29, 0.717) is 0 Å². The number of aromatic nitrogens is 1. The highest BCUT2D eigenvalue weighted by Gasteiger charge is 2.38. The van der Waals surface area contributed by atoms with Crippen molar-refractivity contribution in [2.75, 3.05) is 6.54 Å². The number of amides is 1. The molecule has 154 valence electrons. The van der Waals surface area contributed by atoms with Gasteiger partial charge in [0.15, 0.2) is 0 Å². The number of likely N-dealkylation sites (tertiary alicyclic amines) is 1. The zero-order chi connectivity index (χ0) is 21.0. The summed E-state index contributed by atoms with van der Waals surface area (Å²) < 4.78 is 31.7. The first kappa shape index (κ1) is 20.8. The van der Waals surface area contributed by atoms with E-state index in [2.05, 4.69) is 28.5 Å². The van der Waals surface area contributed by atoms with Crippen molar-refractivity contribution in [1.82, 2.24) is 15.2 Å². The molecular weight excluding hydrogens is 387 g/mol. The molecule has 6 nitrogen and oxygen atoms in total. The topological polar surface area (TPSA) is 82.5 Å². The summed E-state index contributed by atoms with van der Waals surface area (Å²) >= 11 is 0. The van der Waals surface area contributed by atoms with E-state index in [1.165, 1.54) is 11.1 Å². The number of nitrogens with one attached hydrogen (secondary N) is 1. The van der Waals surface area contributed by atoms with Crippen molar-refractivity contribution in [3.05, 3.63) is 65.0 Å². The van der Waals surface area contributed by atoms with Crippen LogP contribution in [0, 0.1) is 0 Å². The first-order valence-corrected chi connectivity index (χ1v) is 9.11. The second kappa shape index (κ2) is 8.60. The summed E-state index contributed by atoms with van der Waals surface area (Å²) in [5.74, 6) is -2.62. The van der Waals surface area contributed by atoms with Gasteiger partial charge >= 0.3 is 12.1 Å². The molecule has 4 rings (SSSR count). The van der Waals surface area contributed by atoms with E-state index in [0.717, 1.165) is 43.6 Å². The lowest BCUT2D eigenvalue weighted by atomic mass is 10.0. The van der Waals surface area contributed by atoms with Gasteiger partial charge in [0.2, 0.25) is 0 Å². The second-order valence-corrected chi connectivity index (χ2v) is 6.83. The van der Waals surface area contributed by atoms with Crippen molar-refractivity contribution in [2.45, 2.75) is 38.1 Å². The molecule has 2 N–H and O–H groups in total. The number of alkyl halides is 3. The molecule has 1 atom stereocenters. The lowest BCUT2D eigenvalue weighted by Crippen LogP contribution is -2.30. The van der Waals surface area contributed by atoms with Crippen LogP contribution in [-0.2, 0) is 17.9 Å². The van der Waals surface area contributed by atoms with Gasteiger partial charge in [0.05, 0.1) is 6.04 Å².